The number of benzene rings is 2. The third-order valence-corrected chi connectivity index (χ3v) is 4.55. The molecule has 0 bridgehead atoms. The SMILES string of the molecule is CCCCn1nccc1NC(=O)c1ccc(C)c(NC(=O)c2ccccc2F)c1. The van der Waals surface area contributed by atoms with Crippen molar-refractivity contribution < 1.29 is 14.0 Å². The zero-order chi connectivity index (χ0) is 20.8. The van der Waals surface area contributed by atoms with Crippen LogP contribution in [0.3, 0.4) is 0 Å². The van der Waals surface area contributed by atoms with Gasteiger partial charge in [-0.2, -0.15) is 5.10 Å². The predicted molar refractivity (Wildman–Crippen MR) is 111 cm³/mol. The number of nitrogens with one attached hydrogen (secondary N) is 2. The molecule has 29 heavy (non-hydrogen) atoms. The molecule has 0 atom stereocenters. The largest absolute Gasteiger partial charge is 0.322 e. The molecule has 2 aromatic carbocycles. The molecule has 0 saturated carbocycles. The number of amides is 2. The second-order valence-electron chi connectivity index (χ2n) is 6.71. The fraction of sp³-hybridized carbons (Fsp3) is 0.227. The van der Waals surface area contributed by atoms with Crippen LogP contribution in [-0.2, 0) is 6.54 Å². The molecule has 0 aliphatic rings. The van der Waals surface area contributed by atoms with Gasteiger partial charge in [0.2, 0.25) is 0 Å². The van der Waals surface area contributed by atoms with Crippen molar-refractivity contribution in [3.8, 4) is 0 Å². The topological polar surface area (TPSA) is 76.0 Å². The van der Waals surface area contributed by atoms with Crippen molar-refractivity contribution in [3.05, 3.63) is 77.2 Å². The zero-order valence-corrected chi connectivity index (χ0v) is 16.4. The maximum absolute atomic E-state index is 13.9. The Morgan fingerprint density at radius 3 is 2.62 bits per heavy atom. The van der Waals surface area contributed by atoms with Crippen molar-refractivity contribution in [2.75, 3.05) is 10.6 Å². The van der Waals surface area contributed by atoms with E-state index in [1.807, 2.05) is 0 Å². The number of anilines is 2. The average molecular weight is 394 g/mol. The molecule has 2 N–H and O–H groups in total. The molecule has 0 saturated heterocycles. The molecule has 1 heterocycles. The monoisotopic (exact) mass is 394 g/mol. The number of carbonyl (C=O) groups excluding carboxylic acids is 2. The molecule has 0 spiro atoms. The minimum atomic E-state index is -0.600. The molecule has 0 aliphatic heterocycles. The van der Waals surface area contributed by atoms with E-state index >= 15 is 0 Å². The number of aromatic nitrogens is 2. The average Bonchev–Trinajstić information content (AvgIpc) is 3.15. The van der Waals surface area contributed by atoms with Crippen LogP contribution in [0.25, 0.3) is 0 Å². The number of aryl methyl sites for hydroxylation is 2. The molecular weight excluding hydrogens is 371 g/mol. The number of halogens is 1. The van der Waals surface area contributed by atoms with Gasteiger partial charge >= 0.3 is 0 Å². The van der Waals surface area contributed by atoms with Crippen molar-refractivity contribution in [3.63, 3.8) is 0 Å². The minimum absolute atomic E-state index is 0.0541. The van der Waals surface area contributed by atoms with Crippen molar-refractivity contribution >= 4 is 23.3 Å². The van der Waals surface area contributed by atoms with E-state index in [2.05, 4.69) is 22.7 Å². The number of unbranched alkanes of at least 4 members (excludes halogenated alkanes) is 1. The normalized spacial score (nSPS) is 10.6. The van der Waals surface area contributed by atoms with Gasteiger partial charge in [-0.25, -0.2) is 9.07 Å². The fourth-order valence-electron chi connectivity index (χ4n) is 2.85. The van der Waals surface area contributed by atoms with Crippen LogP contribution < -0.4 is 10.6 Å². The highest BCUT2D eigenvalue weighted by atomic mass is 19.1. The third kappa shape index (κ3) is 4.87. The molecule has 3 aromatic rings. The summed E-state index contributed by atoms with van der Waals surface area (Å²) in [6.45, 7) is 4.61. The van der Waals surface area contributed by atoms with Crippen LogP contribution in [-0.4, -0.2) is 21.6 Å². The van der Waals surface area contributed by atoms with Crippen LogP contribution in [0, 0.1) is 12.7 Å². The van der Waals surface area contributed by atoms with Crippen LogP contribution in [0.1, 0.15) is 46.0 Å². The maximum atomic E-state index is 13.9. The van der Waals surface area contributed by atoms with Crippen LogP contribution in [0.4, 0.5) is 15.9 Å². The summed E-state index contributed by atoms with van der Waals surface area (Å²) in [6, 6.07) is 12.5. The lowest BCUT2D eigenvalue weighted by Gasteiger charge is -2.12. The number of rotatable bonds is 7. The molecular formula is C22H23FN4O2. The number of hydrogen-bond donors (Lipinski definition) is 2. The quantitative estimate of drug-likeness (QED) is 0.613. The van der Waals surface area contributed by atoms with Gasteiger partial charge in [-0.05, 0) is 43.2 Å². The first kappa shape index (κ1) is 20.3. The standard InChI is InChI=1S/C22H23FN4O2/c1-3-4-13-27-20(11-12-24-27)26-21(28)16-10-9-15(2)19(14-16)25-22(29)17-7-5-6-8-18(17)23/h5-12,14H,3-4,13H2,1-2H3,(H,25,29)(H,26,28). The Morgan fingerprint density at radius 1 is 1.07 bits per heavy atom. The first-order valence-electron chi connectivity index (χ1n) is 9.49. The van der Waals surface area contributed by atoms with Crippen molar-refractivity contribution in [1.29, 1.82) is 0 Å². The predicted octanol–water partition coefficient (Wildman–Crippen LogP) is 4.64. The second-order valence-corrected chi connectivity index (χ2v) is 6.71. The highest BCUT2D eigenvalue weighted by Gasteiger charge is 2.15. The van der Waals surface area contributed by atoms with Crippen molar-refractivity contribution in [1.82, 2.24) is 9.78 Å². The minimum Gasteiger partial charge on any atom is -0.322 e. The van der Waals surface area contributed by atoms with Gasteiger partial charge in [0.1, 0.15) is 11.6 Å². The van der Waals surface area contributed by atoms with Gasteiger partial charge in [0.25, 0.3) is 11.8 Å². The van der Waals surface area contributed by atoms with E-state index in [4.69, 9.17) is 0 Å². The first-order valence-corrected chi connectivity index (χ1v) is 9.49. The van der Waals surface area contributed by atoms with E-state index in [0.29, 0.717) is 17.1 Å². The lowest BCUT2D eigenvalue weighted by atomic mass is 10.1. The van der Waals surface area contributed by atoms with Gasteiger partial charge in [-0.15, -0.1) is 0 Å². The van der Waals surface area contributed by atoms with Gasteiger partial charge in [0.15, 0.2) is 0 Å². The molecule has 6 nitrogen and oxygen atoms in total. The lowest BCUT2D eigenvalue weighted by molar-refractivity contribution is 0.101. The maximum Gasteiger partial charge on any atom is 0.258 e. The van der Waals surface area contributed by atoms with Crippen molar-refractivity contribution in [2.45, 2.75) is 33.2 Å². The van der Waals surface area contributed by atoms with Gasteiger partial charge in [-0.3, -0.25) is 9.59 Å². The van der Waals surface area contributed by atoms with Crippen LogP contribution in [0.15, 0.2) is 54.7 Å². The van der Waals surface area contributed by atoms with Crippen LogP contribution in [0.5, 0.6) is 0 Å². The molecule has 2 amide bonds. The van der Waals surface area contributed by atoms with Gasteiger partial charge in [-0.1, -0.05) is 31.5 Å². The zero-order valence-electron chi connectivity index (χ0n) is 16.4. The summed E-state index contributed by atoms with van der Waals surface area (Å²) in [7, 11) is 0. The van der Waals surface area contributed by atoms with E-state index in [1.54, 1.807) is 48.1 Å². The smallest absolute Gasteiger partial charge is 0.258 e. The summed E-state index contributed by atoms with van der Waals surface area (Å²) in [5.74, 6) is -0.871. The molecule has 0 fully saturated rings. The number of nitrogens with zero attached hydrogens (tertiary/aromatic N) is 2. The summed E-state index contributed by atoms with van der Waals surface area (Å²) in [4.78, 5) is 25.1. The Morgan fingerprint density at radius 2 is 1.86 bits per heavy atom. The summed E-state index contributed by atoms with van der Waals surface area (Å²) < 4.78 is 15.6. The highest BCUT2D eigenvalue weighted by Crippen LogP contribution is 2.20. The molecule has 0 unspecified atom stereocenters. The van der Waals surface area contributed by atoms with Crippen LogP contribution >= 0.6 is 0 Å². The molecule has 0 aliphatic carbocycles. The summed E-state index contributed by atoms with van der Waals surface area (Å²) in [5.41, 5.74) is 1.54. The molecule has 3 rings (SSSR count). The van der Waals surface area contributed by atoms with Crippen LogP contribution in [0.2, 0.25) is 0 Å². The molecule has 0 radical (unpaired) electrons. The van der Waals surface area contributed by atoms with Crippen molar-refractivity contribution in [2.24, 2.45) is 0 Å². The number of carbonyl (C=O) groups is 2. The summed E-state index contributed by atoms with van der Waals surface area (Å²) in [5, 5.41) is 9.75. The van der Waals surface area contributed by atoms with E-state index in [1.165, 1.54) is 18.2 Å². The Labute approximate surface area is 168 Å². The number of hydrogen-bond acceptors (Lipinski definition) is 3. The first-order chi connectivity index (χ1) is 14.0. The Kier molecular flexibility index (Phi) is 6.39. The third-order valence-electron chi connectivity index (χ3n) is 4.55. The summed E-state index contributed by atoms with van der Waals surface area (Å²) >= 11 is 0. The van der Waals surface area contributed by atoms with E-state index in [9.17, 15) is 14.0 Å². The van der Waals surface area contributed by atoms with E-state index in [0.717, 1.165) is 24.9 Å². The lowest BCUT2D eigenvalue weighted by Crippen LogP contribution is -2.18. The van der Waals surface area contributed by atoms with E-state index in [-0.39, 0.29) is 11.5 Å². The Balaban J connectivity index is 1.76. The fourth-order valence-corrected chi connectivity index (χ4v) is 2.85. The Hall–Kier alpha value is -3.48. The second kappa shape index (κ2) is 9.14. The van der Waals surface area contributed by atoms with Gasteiger partial charge in [0, 0.05) is 23.9 Å². The van der Waals surface area contributed by atoms with Gasteiger partial charge < -0.3 is 10.6 Å². The molecule has 1 aromatic heterocycles. The molecule has 7 heteroatoms. The summed E-state index contributed by atoms with van der Waals surface area (Å²) in [6.07, 6.45) is 3.62. The molecule has 150 valence electrons. The Bertz CT molecular complexity index is 1030. The van der Waals surface area contributed by atoms with E-state index < -0.39 is 11.7 Å². The highest BCUT2D eigenvalue weighted by molar-refractivity contribution is 6.07. The van der Waals surface area contributed by atoms with Gasteiger partial charge in [0.05, 0.1) is 11.8 Å².